The predicted octanol–water partition coefficient (Wildman–Crippen LogP) is 4.17. The molecule has 9 heteroatoms. The van der Waals surface area contributed by atoms with E-state index in [4.69, 9.17) is 11.6 Å². The molecule has 3 aromatic rings. The van der Waals surface area contributed by atoms with Crippen molar-refractivity contribution in [3.8, 4) is 11.3 Å². The third-order valence-corrected chi connectivity index (χ3v) is 6.06. The van der Waals surface area contributed by atoms with E-state index in [2.05, 4.69) is 26.0 Å². The van der Waals surface area contributed by atoms with Crippen LogP contribution in [0.2, 0.25) is 5.02 Å². The number of H-pyrrole nitrogens is 1. The molecule has 0 aliphatic carbocycles. The maximum Gasteiger partial charge on any atom is 0.325 e. The number of nitrogens with one attached hydrogen (secondary N) is 1. The van der Waals surface area contributed by atoms with Gasteiger partial charge in [-0.15, -0.1) is 0 Å². The zero-order valence-corrected chi connectivity index (χ0v) is 18.8. The van der Waals surface area contributed by atoms with Crippen molar-refractivity contribution in [3.63, 3.8) is 0 Å². The molecule has 0 bridgehead atoms. The zero-order chi connectivity index (χ0) is 20.7. The van der Waals surface area contributed by atoms with E-state index in [1.165, 1.54) is 11.8 Å². The molecule has 0 fully saturated rings. The third-order valence-electron chi connectivity index (χ3n) is 4.75. The summed E-state index contributed by atoms with van der Waals surface area (Å²) < 4.78 is 2.45. The van der Waals surface area contributed by atoms with E-state index in [-0.39, 0.29) is 11.5 Å². The Kier molecular flexibility index (Phi) is 5.50. The molecule has 1 N–H and O–H groups in total. The van der Waals surface area contributed by atoms with E-state index in [1.54, 1.807) is 21.7 Å². The number of halogens is 2. The summed E-state index contributed by atoms with van der Waals surface area (Å²) in [5.74, 6) is -0.0699. The Morgan fingerprint density at radius 1 is 1.31 bits per heavy atom. The molecule has 6 nitrogen and oxygen atoms in total. The molecule has 1 amide bonds. The minimum Gasteiger partial charge on any atom is -0.291 e. The highest BCUT2D eigenvalue weighted by atomic mass is 79.9. The molecule has 0 spiro atoms. The first-order chi connectivity index (χ1) is 13.9. The van der Waals surface area contributed by atoms with Crippen molar-refractivity contribution in [1.29, 1.82) is 0 Å². The van der Waals surface area contributed by atoms with Crippen LogP contribution in [0.25, 0.3) is 11.3 Å². The summed E-state index contributed by atoms with van der Waals surface area (Å²) in [4.78, 5) is 30.6. The van der Waals surface area contributed by atoms with Crippen LogP contribution in [0.1, 0.15) is 25.1 Å². The van der Waals surface area contributed by atoms with Crippen molar-refractivity contribution in [1.82, 2.24) is 10.1 Å². The molecule has 0 radical (unpaired) electrons. The number of hydrogen-bond donors (Lipinski definition) is 1. The van der Waals surface area contributed by atoms with Crippen LogP contribution >= 0.6 is 39.3 Å². The highest BCUT2D eigenvalue weighted by molar-refractivity contribution is 9.10. The molecule has 4 rings (SSSR count). The van der Waals surface area contributed by atoms with E-state index in [0.717, 1.165) is 10.0 Å². The van der Waals surface area contributed by atoms with E-state index in [9.17, 15) is 9.59 Å². The number of amides is 1. The lowest BCUT2D eigenvalue weighted by Gasteiger charge is -2.32. The Labute approximate surface area is 185 Å². The van der Waals surface area contributed by atoms with Crippen LogP contribution in [0.3, 0.4) is 0 Å². The maximum atomic E-state index is 13.1. The predicted molar refractivity (Wildman–Crippen MR) is 117 cm³/mol. The van der Waals surface area contributed by atoms with Gasteiger partial charge in [-0.25, -0.2) is 4.90 Å². The van der Waals surface area contributed by atoms with Crippen LogP contribution in [-0.4, -0.2) is 22.2 Å². The van der Waals surface area contributed by atoms with Gasteiger partial charge in [-0.1, -0.05) is 46.2 Å². The van der Waals surface area contributed by atoms with Gasteiger partial charge in [-0.3, -0.25) is 14.6 Å². The summed E-state index contributed by atoms with van der Waals surface area (Å²) in [7, 11) is 0. The largest absolute Gasteiger partial charge is 0.325 e. The van der Waals surface area contributed by atoms with Gasteiger partial charge >= 0.3 is 11.3 Å². The van der Waals surface area contributed by atoms with Gasteiger partial charge in [-0.2, -0.15) is 0 Å². The Balaban J connectivity index is 2.09. The molecule has 29 heavy (non-hydrogen) atoms. The molecule has 2 heterocycles. The molecule has 2 aromatic carbocycles. The van der Waals surface area contributed by atoms with E-state index in [0.29, 0.717) is 33.5 Å². The summed E-state index contributed by atoms with van der Waals surface area (Å²) in [6, 6.07) is 12.8. The Morgan fingerprint density at radius 3 is 2.69 bits per heavy atom. The summed E-state index contributed by atoms with van der Waals surface area (Å²) >= 11 is 10.9. The normalized spacial score (nSPS) is 15.0. The van der Waals surface area contributed by atoms with Crippen LogP contribution in [0.4, 0.5) is 5.69 Å². The quantitative estimate of drug-likeness (QED) is 0.440. The summed E-state index contributed by atoms with van der Waals surface area (Å²) in [6.07, 6.45) is 1.55. The first-order valence-electron chi connectivity index (χ1n) is 8.92. The second-order valence-electron chi connectivity index (χ2n) is 6.46. The number of thioether (sulfide) groups is 1. The number of nitrogens with zero attached hydrogens (tertiary/aromatic N) is 3. The third kappa shape index (κ3) is 3.49. The van der Waals surface area contributed by atoms with Crippen molar-refractivity contribution in [2.24, 2.45) is 0 Å². The average Bonchev–Trinajstić information content (AvgIpc) is 2.72. The number of carbonyl (C=O) groups excluding carboxylic acids is 1. The fraction of sp³-hybridized carbons (Fsp3) is 0.200. The van der Waals surface area contributed by atoms with Gasteiger partial charge < -0.3 is 0 Å². The lowest BCUT2D eigenvalue weighted by molar-refractivity contribution is -0.763. The number of fused-ring (bicyclic) bond motifs is 3. The van der Waals surface area contributed by atoms with Crippen LogP contribution in [0, 0.1) is 0 Å². The minimum absolute atomic E-state index is 0.0699. The Morgan fingerprint density at radius 2 is 2.03 bits per heavy atom. The lowest BCUT2D eigenvalue weighted by atomic mass is 10.0. The molecule has 1 atom stereocenters. The van der Waals surface area contributed by atoms with Crippen LogP contribution < -0.4 is 15.1 Å². The second kappa shape index (κ2) is 7.93. The number of aromatic nitrogens is 3. The van der Waals surface area contributed by atoms with Crippen molar-refractivity contribution in [2.45, 2.75) is 24.7 Å². The molecular formula is C20H17BrClN4O2S+. The van der Waals surface area contributed by atoms with Crippen molar-refractivity contribution < 1.29 is 9.48 Å². The van der Waals surface area contributed by atoms with E-state index < -0.39 is 6.17 Å². The summed E-state index contributed by atoms with van der Waals surface area (Å²) in [6.45, 7) is 1.82. The number of aromatic amines is 1. The molecule has 0 saturated heterocycles. The van der Waals surface area contributed by atoms with Gasteiger partial charge in [0.25, 0.3) is 6.17 Å². The Bertz CT molecular complexity index is 1170. The SMILES string of the molecule is CCC(=O)N1c2ccc(Br)cc2-c2c(=O)[nH]c(SC)n[n+]2[C@@H]1c1ccc(Cl)cc1. The molecule has 1 aliphatic rings. The van der Waals surface area contributed by atoms with Crippen molar-refractivity contribution in [2.75, 3.05) is 11.2 Å². The van der Waals surface area contributed by atoms with Crippen LogP contribution in [-0.2, 0) is 4.79 Å². The van der Waals surface area contributed by atoms with E-state index in [1.807, 2.05) is 43.5 Å². The topological polar surface area (TPSA) is 69.9 Å². The van der Waals surface area contributed by atoms with Crippen molar-refractivity contribution in [3.05, 3.63) is 67.9 Å². The van der Waals surface area contributed by atoms with Gasteiger partial charge in [0.1, 0.15) is 0 Å². The smallest absolute Gasteiger partial charge is 0.291 e. The standard InChI is InChI=1S/C20H16BrClN4O2S/c1-3-16(27)25-15-9-6-12(21)10-14(15)17-18(28)23-20(29-2)24-26(17)19(25)11-4-7-13(22)8-5-11/h4-10,19H,3H2,1-2H3/p+1/t19-/m1/s1. The average molecular weight is 493 g/mol. The number of hydrogen-bond acceptors (Lipinski definition) is 4. The fourth-order valence-corrected chi connectivity index (χ4v) is 4.31. The molecular weight excluding hydrogens is 476 g/mol. The van der Waals surface area contributed by atoms with E-state index >= 15 is 0 Å². The number of benzene rings is 2. The van der Waals surface area contributed by atoms with Gasteiger partial charge in [0.05, 0.1) is 11.3 Å². The first kappa shape index (κ1) is 20.1. The van der Waals surface area contributed by atoms with Gasteiger partial charge in [-0.05, 0) is 53.4 Å². The first-order valence-corrected chi connectivity index (χ1v) is 11.3. The highest BCUT2D eigenvalue weighted by Gasteiger charge is 2.45. The maximum absolute atomic E-state index is 13.1. The highest BCUT2D eigenvalue weighted by Crippen LogP contribution is 2.39. The van der Waals surface area contributed by atoms with Crippen molar-refractivity contribution >= 4 is 50.9 Å². The number of rotatable bonds is 3. The molecule has 1 aromatic heterocycles. The number of carbonyl (C=O) groups is 1. The van der Waals surface area contributed by atoms with Crippen LogP contribution in [0.15, 0.2) is 56.9 Å². The van der Waals surface area contributed by atoms with Gasteiger partial charge in [0.2, 0.25) is 11.1 Å². The molecule has 1 aliphatic heterocycles. The molecule has 0 saturated carbocycles. The minimum atomic E-state index is -0.600. The fourth-order valence-electron chi connectivity index (χ4n) is 3.46. The van der Waals surface area contributed by atoms with Gasteiger partial charge in [0.15, 0.2) is 0 Å². The lowest BCUT2D eigenvalue weighted by Crippen LogP contribution is -2.60. The zero-order valence-electron chi connectivity index (χ0n) is 15.6. The van der Waals surface area contributed by atoms with Crippen LogP contribution in [0.5, 0.6) is 0 Å². The summed E-state index contributed by atoms with van der Waals surface area (Å²) in [5, 5.41) is 5.72. The molecule has 0 unspecified atom stereocenters. The van der Waals surface area contributed by atoms with Gasteiger partial charge in [0, 0.05) is 26.6 Å². The summed E-state index contributed by atoms with van der Waals surface area (Å²) in [5.41, 5.74) is 2.27. The Hall–Kier alpha value is -2.16. The molecule has 148 valence electrons. The monoisotopic (exact) mass is 491 g/mol. The number of anilines is 1. The second-order valence-corrected chi connectivity index (χ2v) is 8.61.